The number of halogens is 1. The molecule has 0 spiro atoms. The van der Waals surface area contributed by atoms with E-state index in [1.54, 1.807) is 12.3 Å². The molecule has 2 unspecified atom stereocenters. The molecule has 1 fully saturated rings. The zero-order valence-electron chi connectivity index (χ0n) is 10.9. The summed E-state index contributed by atoms with van der Waals surface area (Å²) in [5, 5.41) is 3.37. The van der Waals surface area contributed by atoms with Crippen LogP contribution in [0.4, 0.5) is 5.95 Å². The lowest BCUT2D eigenvalue weighted by Gasteiger charge is -2.19. The Labute approximate surface area is 113 Å². The first-order valence-electron chi connectivity index (χ1n) is 6.51. The molecule has 0 amide bonds. The van der Waals surface area contributed by atoms with E-state index in [0.29, 0.717) is 29.7 Å². The minimum Gasteiger partial charge on any atom is -0.475 e. The first-order chi connectivity index (χ1) is 8.69. The van der Waals surface area contributed by atoms with E-state index in [1.165, 1.54) is 12.8 Å². The van der Waals surface area contributed by atoms with Crippen molar-refractivity contribution in [3.05, 3.63) is 12.3 Å². The molecular weight excluding hydrogens is 250 g/mol. The second kappa shape index (κ2) is 6.23. The van der Waals surface area contributed by atoms with E-state index < -0.39 is 0 Å². The van der Waals surface area contributed by atoms with Crippen LogP contribution in [0.2, 0.25) is 0 Å². The minimum atomic E-state index is 0.120. The molecule has 100 valence electrons. The van der Waals surface area contributed by atoms with Gasteiger partial charge in [-0.1, -0.05) is 6.42 Å². The summed E-state index contributed by atoms with van der Waals surface area (Å²) in [6.45, 7) is 3.96. The maximum atomic E-state index is 5.96. The van der Waals surface area contributed by atoms with Crippen molar-refractivity contribution in [2.24, 2.45) is 5.92 Å². The Balaban J connectivity index is 2.00. The molecule has 1 aliphatic rings. The molecule has 1 aromatic rings. The van der Waals surface area contributed by atoms with Gasteiger partial charge in [-0.05, 0) is 32.6 Å². The lowest BCUT2D eigenvalue weighted by Crippen LogP contribution is -2.26. The van der Waals surface area contributed by atoms with Crippen LogP contribution in [-0.4, -0.2) is 28.0 Å². The van der Waals surface area contributed by atoms with Gasteiger partial charge in [-0.3, -0.25) is 0 Å². The highest BCUT2D eigenvalue weighted by Gasteiger charge is 2.26. The van der Waals surface area contributed by atoms with Crippen LogP contribution in [0.15, 0.2) is 12.3 Å². The fraction of sp³-hybridized carbons (Fsp3) is 0.692. The lowest BCUT2D eigenvalue weighted by atomic mass is 10.1. The van der Waals surface area contributed by atoms with E-state index in [-0.39, 0.29) is 6.10 Å². The molecule has 18 heavy (non-hydrogen) atoms. The van der Waals surface area contributed by atoms with Crippen LogP contribution in [0, 0.1) is 5.92 Å². The van der Waals surface area contributed by atoms with Gasteiger partial charge in [0.15, 0.2) is 0 Å². The number of nitrogens with zero attached hydrogens (tertiary/aromatic N) is 2. The number of nitrogens with one attached hydrogen (secondary N) is 1. The molecule has 0 aliphatic heterocycles. The molecular formula is C13H20ClN3O. The molecule has 2 atom stereocenters. The Hall–Kier alpha value is -1.03. The van der Waals surface area contributed by atoms with Gasteiger partial charge in [0.05, 0.1) is 6.10 Å². The number of hydrogen-bond donors (Lipinski definition) is 1. The normalized spacial score (nSPS) is 23.3. The van der Waals surface area contributed by atoms with Crippen LogP contribution in [-0.2, 0) is 0 Å². The molecule has 1 heterocycles. The van der Waals surface area contributed by atoms with Gasteiger partial charge in [-0.25, -0.2) is 4.98 Å². The molecule has 1 saturated carbocycles. The predicted octanol–water partition coefficient (Wildman–Crippen LogP) is 3.08. The summed E-state index contributed by atoms with van der Waals surface area (Å²) in [4.78, 5) is 8.59. The highest BCUT2D eigenvalue weighted by molar-refractivity contribution is 6.18. The van der Waals surface area contributed by atoms with Crippen LogP contribution >= 0.6 is 11.6 Å². The van der Waals surface area contributed by atoms with Gasteiger partial charge in [0, 0.05) is 24.2 Å². The zero-order valence-corrected chi connectivity index (χ0v) is 11.7. The molecule has 2 rings (SSSR count). The Kier molecular flexibility index (Phi) is 4.64. The first kappa shape index (κ1) is 13.4. The Morgan fingerprint density at radius 1 is 1.50 bits per heavy atom. The SMILES string of the molecule is CC(C)Oc1ccnc(NC2CCCC2CCl)n1. The van der Waals surface area contributed by atoms with Gasteiger partial charge in [-0.2, -0.15) is 4.98 Å². The van der Waals surface area contributed by atoms with Crippen LogP contribution < -0.4 is 10.1 Å². The summed E-state index contributed by atoms with van der Waals surface area (Å²) >= 11 is 5.96. The van der Waals surface area contributed by atoms with Gasteiger partial charge in [0.2, 0.25) is 11.8 Å². The van der Waals surface area contributed by atoms with E-state index in [2.05, 4.69) is 15.3 Å². The molecule has 1 aromatic heterocycles. The summed E-state index contributed by atoms with van der Waals surface area (Å²) in [7, 11) is 0. The van der Waals surface area contributed by atoms with Crippen LogP contribution in [0.1, 0.15) is 33.1 Å². The third-order valence-corrected chi connectivity index (χ3v) is 3.55. The monoisotopic (exact) mass is 269 g/mol. The summed E-state index contributed by atoms with van der Waals surface area (Å²) < 4.78 is 5.56. The van der Waals surface area contributed by atoms with Crippen molar-refractivity contribution < 1.29 is 4.74 Å². The summed E-state index contributed by atoms with van der Waals surface area (Å²) in [6, 6.07) is 2.16. The maximum Gasteiger partial charge on any atom is 0.226 e. The number of anilines is 1. The van der Waals surface area contributed by atoms with E-state index in [9.17, 15) is 0 Å². The van der Waals surface area contributed by atoms with Gasteiger partial charge in [0.1, 0.15) is 0 Å². The van der Waals surface area contributed by atoms with Crippen LogP contribution in [0.5, 0.6) is 5.88 Å². The Bertz CT molecular complexity index is 386. The van der Waals surface area contributed by atoms with E-state index >= 15 is 0 Å². The van der Waals surface area contributed by atoms with E-state index in [0.717, 1.165) is 6.42 Å². The second-order valence-electron chi connectivity index (χ2n) is 4.98. The molecule has 5 heteroatoms. The number of rotatable bonds is 5. The number of hydrogen-bond acceptors (Lipinski definition) is 4. The smallest absolute Gasteiger partial charge is 0.226 e. The second-order valence-corrected chi connectivity index (χ2v) is 5.29. The van der Waals surface area contributed by atoms with Crippen LogP contribution in [0.25, 0.3) is 0 Å². The van der Waals surface area contributed by atoms with Gasteiger partial charge >= 0.3 is 0 Å². The van der Waals surface area contributed by atoms with Gasteiger partial charge in [0.25, 0.3) is 0 Å². The Morgan fingerprint density at radius 3 is 3.06 bits per heavy atom. The van der Waals surface area contributed by atoms with Crippen molar-refractivity contribution in [3.8, 4) is 5.88 Å². The van der Waals surface area contributed by atoms with Crippen molar-refractivity contribution in [2.75, 3.05) is 11.2 Å². The molecule has 1 N–H and O–H groups in total. The standard InChI is InChI=1S/C13H20ClN3O/c1-9(2)18-12-6-7-15-13(17-12)16-11-5-3-4-10(11)8-14/h6-7,9-11H,3-5,8H2,1-2H3,(H,15,16,17). The summed E-state index contributed by atoms with van der Waals surface area (Å²) in [5.74, 6) is 2.46. The molecule has 1 aliphatic carbocycles. The first-order valence-corrected chi connectivity index (χ1v) is 7.04. The number of alkyl halides is 1. The van der Waals surface area contributed by atoms with Crippen molar-refractivity contribution in [1.29, 1.82) is 0 Å². The van der Waals surface area contributed by atoms with E-state index in [4.69, 9.17) is 16.3 Å². The molecule has 0 saturated heterocycles. The number of ether oxygens (including phenoxy) is 1. The fourth-order valence-corrected chi connectivity index (χ4v) is 2.67. The third-order valence-electron chi connectivity index (χ3n) is 3.16. The van der Waals surface area contributed by atoms with E-state index in [1.807, 2.05) is 13.8 Å². The molecule has 0 radical (unpaired) electrons. The van der Waals surface area contributed by atoms with Crippen molar-refractivity contribution in [1.82, 2.24) is 9.97 Å². The molecule has 4 nitrogen and oxygen atoms in total. The van der Waals surface area contributed by atoms with Crippen molar-refractivity contribution in [2.45, 2.75) is 45.3 Å². The quantitative estimate of drug-likeness (QED) is 0.835. The Morgan fingerprint density at radius 2 is 2.33 bits per heavy atom. The zero-order chi connectivity index (χ0) is 13.0. The largest absolute Gasteiger partial charge is 0.475 e. The molecule has 0 bridgehead atoms. The van der Waals surface area contributed by atoms with Crippen molar-refractivity contribution >= 4 is 17.5 Å². The summed E-state index contributed by atoms with van der Waals surface area (Å²) in [6.07, 6.45) is 5.38. The lowest BCUT2D eigenvalue weighted by molar-refractivity contribution is 0.232. The average Bonchev–Trinajstić information content (AvgIpc) is 2.76. The topological polar surface area (TPSA) is 47.0 Å². The van der Waals surface area contributed by atoms with Gasteiger partial charge in [-0.15, -0.1) is 11.6 Å². The minimum absolute atomic E-state index is 0.120. The highest BCUT2D eigenvalue weighted by Crippen LogP contribution is 2.28. The predicted molar refractivity (Wildman–Crippen MR) is 73.3 cm³/mol. The fourth-order valence-electron chi connectivity index (χ4n) is 2.30. The third kappa shape index (κ3) is 3.48. The number of aromatic nitrogens is 2. The van der Waals surface area contributed by atoms with Crippen LogP contribution in [0.3, 0.4) is 0 Å². The maximum absolute atomic E-state index is 5.96. The van der Waals surface area contributed by atoms with Gasteiger partial charge < -0.3 is 10.1 Å². The summed E-state index contributed by atoms with van der Waals surface area (Å²) in [5.41, 5.74) is 0. The molecule has 0 aromatic carbocycles. The van der Waals surface area contributed by atoms with Crippen molar-refractivity contribution in [3.63, 3.8) is 0 Å². The highest BCUT2D eigenvalue weighted by atomic mass is 35.5. The average molecular weight is 270 g/mol.